The minimum atomic E-state index is 0. The summed E-state index contributed by atoms with van der Waals surface area (Å²) in [7, 11) is 1.91. The SMILES string of the molecule is C=C(C)COCCNC.Cl. The molecule has 0 spiro atoms. The Bertz CT molecular complexity index is 85.7. The second-order valence-corrected chi connectivity index (χ2v) is 2.11. The number of likely N-dealkylation sites (N-methyl/N-ethyl adjacent to an activating group) is 1. The molecule has 0 atom stereocenters. The van der Waals surface area contributed by atoms with Crippen LogP contribution in [0.3, 0.4) is 0 Å². The highest BCUT2D eigenvalue weighted by Gasteiger charge is 1.84. The van der Waals surface area contributed by atoms with E-state index in [-0.39, 0.29) is 12.4 Å². The van der Waals surface area contributed by atoms with Gasteiger partial charge in [0, 0.05) is 6.54 Å². The summed E-state index contributed by atoms with van der Waals surface area (Å²) in [5.41, 5.74) is 1.08. The van der Waals surface area contributed by atoms with Crippen LogP contribution in [0.4, 0.5) is 0 Å². The first kappa shape index (κ1) is 12.6. The monoisotopic (exact) mass is 165 g/mol. The Kier molecular flexibility index (Phi) is 11.3. The van der Waals surface area contributed by atoms with Gasteiger partial charge in [-0.1, -0.05) is 12.2 Å². The highest BCUT2D eigenvalue weighted by atomic mass is 35.5. The van der Waals surface area contributed by atoms with Gasteiger partial charge in [-0.05, 0) is 14.0 Å². The Hall–Kier alpha value is -0.0500. The highest BCUT2D eigenvalue weighted by Crippen LogP contribution is 1.85. The van der Waals surface area contributed by atoms with E-state index in [4.69, 9.17) is 4.74 Å². The zero-order chi connectivity index (χ0) is 7.11. The van der Waals surface area contributed by atoms with E-state index in [1.165, 1.54) is 0 Å². The van der Waals surface area contributed by atoms with Crippen LogP contribution < -0.4 is 5.32 Å². The van der Waals surface area contributed by atoms with Gasteiger partial charge in [-0.15, -0.1) is 12.4 Å². The number of ether oxygens (including phenoxy) is 1. The van der Waals surface area contributed by atoms with Gasteiger partial charge in [0.2, 0.25) is 0 Å². The van der Waals surface area contributed by atoms with Crippen molar-refractivity contribution in [3.63, 3.8) is 0 Å². The number of hydrogen-bond donors (Lipinski definition) is 1. The fourth-order valence-electron chi connectivity index (χ4n) is 0.421. The summed E-state index contributed by atoms with van der Waals surface area (Å²) in [5.74, 6) is 0. The zero-order valence-electron chi connectivity index (χ0n) is 6.64. The third kappa shape index (κ3) is 10.8. The molecule has 0 aromatic rings. The summed E-state index contributed by atoms with van der Waals surface area (Å²) in [4.78, 5) is 0. The molecule has 0 aromatic carbocycles. The molecule has 62 valence electrons. The zero-order valence-corrected chi connectivity index (χ0v) is 7.46. The second-order valence-electron chi connectivity index (χ2n) is 2.11. The first-order chi connectivity index (χ1) is 4.27. The van der Waals surface area contributed by atoms with E-state index in [2.05, 4.69) is 11.9 Å². The Morgan fingerprint density at radius 3 is 2.60 bits per heavy atom. The molecule has 0 aliphatic carbocycles. The highest BCUT2D eigenvalue weighted by molar-refractivity contribution is 5.85. The first-order valence-corrected chi connectivity index (χ1v) is 3.14. The molecule has 0 unspecified atom stereocenters. The lowest BCUT2D eigenvalue weighted by atomic mass is 10.4. The summed E-state index contributed by atoms with van der Waals surface area (Å²) in [5, 5.41) is 2.99. The van der Waals surface area contributed by atoms with Crippen molar-refractivity contribution in [2.75, 3.05) is 26.8 Å². The van der Waals surface area contributed by atoms with Crippen molar-refractivity contribution < 1.29 is 4.74 Å². The predicted octanol–water partition coefficient (Wildman–Crippen LogP) is 1.22. The Morgan fingerprint density at radius 1 is 1.60 bits per heavy atom. The van der Waals surface area contributed by atoms with Gasteiger partial charge in [-0.3, -0.25) is 0 Å². The molecule has 0 heterocycles. The minimum absolute atomic E-state index is 0. The van der Waals surface area contributed by atoms with Gasteiger partial charge in [-0.25, -0.2) is 0 Å². The number of hydrogen-bond acceptors (Lipinski definition) is 2. The van der Waals surface area contributed by atoms with E-state index in [1.807, 2.05) is 14.0 Å². The van der Waals surface area contributed by atoms with Gasteiger partial charge in [0.1, 0.15) is 0 Å². The van der Waals surface area contributed by atoms with Crippen LogP contribution in [-0.2, 0) is 4.74 Å². The molecule has 10 heavy (non-hydrogen) atoms. The van der Waals surface area contributed by atoms with Crippen molar-refractivity contribution in [2.45, 2.75) is 6.92 Å². The molecule has 0 saturated heterocycles. The number of rotatable bonds is 5. The minimum Gasteiger partial charge on any atom is -0.376 e. The van der Waals surface area contributed by atoms with Crippen LogP contribution in [0.1, 0.15) is 6.92 Å². The van der Waals surface area contributed by atoms with E-state index < -0.39 is 0 Å². The van der Waals surface area contributed by atoms with E-state index in [1.54, 1.807) is 0 Å². The molecular weight excluding hydrogens is 150 g/mol. The Morgan fingerprint density at radius 2 is 2.20 bits per heavy atom. The van der Waals surface area contributed by atoms with Gasteiger partial charge < -0.3 is 10.1 Å². The third-order valence-electron chi connectivity index (χ3n) is 0.845. The lowest BCUT2D eigenvalue weighted by Gasteiger charge is -2.01. The summed E-state index contributed by atoms with van der Waals surface area (Å²) in [6.45, 7) is 8.02. The average molecular weight is 166 g/mol. The van der Waals surface area contributed by atoms with E-state index >= 15 is 0 Å². The van der Waals surface area contributed by atoms with Crippen molar-refractivity contribution in [1.82, 2.24) is 5.32 Å². The fraction of sp³-hybridized carbons (Fsp3) is 0.714. The molecule has 0 amide bonds. The molecule has 0 aliphatic heterocycles. The van der Waals surface area contributed by atoms with Crippen molar-refractivity contribution in [2.24, 2.45) is 0 Å². The van der Waals surface area contributed by atoms with Gasteiger partial charge in [0.15, 0.2) is 0 Å². The Balaban J connectivity index is 0. The van der Waals surface area contributed by atoms with Crippen LogP contribution in [0, 0.1) is 0 Å². The third-order valence-corrected chi connectivity index (χ3v) is 0.845. The molecule has 0 radical (unpaired) electrons. The van der Waals surface area contributed by atoms with Gasteiger partial charge in [0.25, 0.3) is 0 Å². The molecule has 1 N–H and O–H groups in total. The van der Waals surface area contributed by atoms with E-state index in [9.17, 15) is 0 Å². The molecule has 3 heteroatoms. The summed E-state index contributed by atoms with van der Waals surface area (Å²) in [6, 6.07) is 0. The number of halogens is 1. The molecule has 0 aliphatic rings. The normalized spacial score (nSPS) is 8.60. The van der Waals surface area contributed by atoms with E-state index in [0.29, 0.717) is 6.61 Å². The van der Waals surface area contributed by atoms with Crippen molar-refractivity contribution in [1.29, 1.82) is 0 Å². The average Bonchev–Trinajstić information content (AvgIpc) is 1.80. The van der Waals surface area contributed by atoms with Crippen LogP contribution in [0.25, 0.3) is 0 Å². The van der Waals surface area contributed by atoms with E-state index in [0.717, 1.165) is 18.7 Å². The maximum Gasteiger partial charge on any atom is 0.0672 e. The van der Waals surface area contributed by atoms with Gasteiger partial charge >= 0.3 is 0 Å². The van der Waals surface area contributed by atoms with Gasteiger partial charge in [0.05, 0.1) is 13.2 Å². The van der Waals surface area contributed by atoms with Crippen LogP contribution in [0.5, 0.6) is 0 Å². The lowest BCUT2D eigenvalue weighted by molar-refractivity contribution is 0.159. The predicted molar refractivity (Wildman–Crippen MR) is 46.8 cm³/mol. The summed E-state index contributed by atoms with van der Waals surface area (Å²) >= 11 is 0. The standard InChI is InChI=1S/C7H15NO.ClH/c1-7(2)6-9-5-4-8-3;/h8H,1,4-6H2,2-3H3;1H. The largest absolute Gasteiger partial charge is 0.376 e. The molecule has 0 fully saturated rings. The molecule has 0 saturated carbocycles. The first-order valence-electron chi connectivity index (χ1n) is 3.14. The maximum atomic E-state index is 5.17. The maximum absolute atomic E-state index is 5.17. The topological polar surface area (TPSA) is 21.3 Å². The van der Waals surface area contributed by atoms with Crippen molar-refractivity contribution >= 4 is 12.4 Å². The van der Waals surface area contributed by atoms with Crippen molar-refractivity contribution in [3.8, 4) is 0 Å². The van der Waals surface area contributed by atoms with Crippen LogP contribution >= 0.6 is 12.4 Å². The molecule has 0 rings (SSSR count). The van der Waals surface area contributed by atoms with Crippen LogP contribution in [0.2, 0.25) is 0 Å². The summed E-state index contributed by atoms with van der Waals surface area (Å²) in [6.07, 6.45) is 0. The second kappa shape index (κ2) is 8.95. The lowest BCUT2D eigenvalue weighted by Crippen LogP contribution is -2.14. The molecular formula is C7H16ClNO. The van der Waals surface area contributed by atoms with Crippen LogP contribution in [0.15, 0.2) is 12.2 Å². The van der Waals surface area contributed by atoms with Crippen LogP contribution in [-0.4, -0.2) is 26.8 Å². The fourth-order valence-corrected chi connectivity index (χ4v) is 0.421. The Labute approximate surface area is 69.1 Å². The molecule has 0 bridgehead atoms. The molecule has 0 aromatic heterocycles. The summed E-state index contributed by atoms with van der Waals surface area (Å²) < 4.78 is 5.17. The van der Waals surface area contributed by atoms with Crippen molar-refractivity contribution in [3.05, 3.63) is 12.2 Å². The number of nitrogens with one attached hydrogen (secondary N) is 1. The van der Waals surface area contributed by atoms with Gasteiger partial charge in [-0.2, -0.15) is 0 Å². The molecule has 2 nitrogen and oxygen atoms in total. The quantitative estimate of drug-likeness (QED) is 0.489. The smallest absolute Gasteiger partial charge is 0.0672 e.